The van der Waals surface area contributed by atoms with E-state index >= 15 is 0 Å². The van der Waals surface area contributed by atoms with Crippen molar-refractivity contribution in [1.29, 1.82) is 0 Å². The van der Waals surface area contributed by atoms with Gasteiger partial charge in [0.15, 0.2) is 0 Å². The summed E-state index contributed by atoms with van der Waals surface area (Å²) < 4.78 is 5.64. The fourth-order valence-corrected chi connectivity index (χ4v) is 8.90. The monoisotopic (exact) mass is 470 g/mol. The van der Waals surface area contributed by atoms with Crippen LogP contribution in [0.15, 0.2) is 23.8 Å². The molecule has 0 aromatic heterocycles. The Labute approximate surface area is 206 Å². The number of hydrogen-bond donors (Lipinski definition) is 0. The van der Waals surface area contributed by atoms with Crippen molar-refractivity contribution >= 4 is 5.97 Å². The molecule has 4 nitrogen and oxygen atoms in total. The van der Waals surface area contributed by atoms with Gasteiger partial charge in [0, 0.05) is 24.7 Å². The SMILES string of the molecule is CC(=O)O[C@@H]1CC[C@]2(C)C3=CC[C@]4(C)[C@@H]([C@H](C)/C=C/[C@H](C)C(C)C)CC[C@@H]4[C@@]34CC[C@]2(C1)OO4. The zero-order valence-electron chi connectivity index (χ0n) is 22.5. The van der Waals surface area contributed by atoms with Crippen molar-refractivity contribution in [3.8, 4) is 0 Å². The second kappa shape index (κ2) is 8.20. The highest BCUT2D eigenvalue weighted by molar-refractivity contribution is 5.66. The Bertz CT molecular complexity index is 878. The van der Waals surface area contributed by atoms with E-state index in [9.17, 15) is 4.79 Å². The summed E-state index contributed by atoms with van der Waals surface area (Å²) in [6, 6.07) is 0. The van der Waals surface area contributed by atoms with Crippen molar-refractivity contribution in [3.63, 3.8) is 0 Å². The number of carbonyl (C=O) groups excluding carboxylic acids is 1. The number of rotatable bonds is 5. The highest BCUT2D eigenvalue weighted by Crippen LogP contribution is 2.73. The highest BCUT2D eigenvalue weighted by atomic mass is 17.2. The standard InChI is InChI=1S/C30H46O4/c1-19(2)20(3)8-9-21(4)24-10-11-25-27(24,6)14-13-26-28(7)15-12-23(32-22(5)31)18-29(28)16-17-30(25,26)34-33-29/h8-9,13,19-21,23-25H,10-12,14-18H2,1-7H3/b9-8+/t20-,21+,23+,24+,25-,27+,28+,29+,30-/m0/s1. The van der Waals surface area contributed by atoms with Crippen molar-refractivity contribution in [1.82, 2.24) is 0 Å². The molecular weight excluding hydrogens is 424 g/mol. The van der Waals surface area contributed by atoms with Gasteiger partial charge in [-0.3, -0.25) is 4.79 Å². The lowest BCUT2D eigenvalue weighted by Gasteiger charge is -2.69. The number of esters is 1. The van der Waals surface area contributed by atoms with Gasteiger partial charge in [0.1, 0.15) is 17.3 Å². The van der Waals surface area contributed by atoms with Gasteiger partial charge < -0.3 is 4.74 Å². The second-order valence-electron chi connectivity index (χ2n) is 13.3. The van der Waals surface area contributed by atoms with Gasteiger partial charge in [-0.1, -0.05) is 59.8 Å². The van der Waals surface area contributed by atoms with E-state index in [4.69, 9.17) is 14.5 Å². The number of allylic oxidation sites excluding steroid dienone is 3. The summed E-state index contributed by atoms with van der Waals surface area (Å²) in [6.07, 6.45) is 15.8. The van der Waals surface area contributed by atoms with E-state index in [-0.39, 0.29) is 34.1 Å². The topological polar surface area (TPSA) is 44.8 Å². The van der Waals surface area contributed by atoms with Crippen molar-refractivity contribution in [2.45, 2.75) is 117 Å². The summed E-state index contributed by atoms with van der Waals surface area (Å²) >= 11 is 0. The van der Waals surface area contributed by atoms with Crippen molar-refractivity contribution in [2.75, 3.05) is 0 Å². The van der Waals surface area contributed by atoms with Gasteiger partial charge in [-0.15, -0.1) is 0 Å². The first-order chi connectivity index (χ1) is 16.0. The average molecular weight is 471 g/mol. The molecule has 4 heteroatoms. The number of ether oxygens (including phenoxy) is 1. The van der Waals surface area contributed by atoms with Gasteiger partial charge in [-0.2, -0.15) is 0 Å². The van der Waals surface area contributed by atoms with Crippen LogP contribution in [-0.2, 0) is 19.3 Å². The Balaban J connectivity index is 1.43. The molecule has 0 aromatic carbocycles. The van der Waals surface area contributed by atoms with Gasteiger partial charge in [-0.05, 0) is 79.6 Å². The van der Waals surface area contributed by atoms with Crippen molar-refractivity contribution in [3.05, 3.63) is 23.8 Å². The van der Waals surface area contributed by atoms with Gasteiger partial charge in [0.25, 0.3) is 0 Å². The summed E-state index contributed by atoms with van der Waals surface area (Å²) in [5.74, 6) is 2.86. The Morgan fingerprint density at radius 3 is 2.47 bits per heavy atom. The molecular formula is C30H46O4. The molecule has 2 bridgehead atoms. The maximum Gasteiger partial charge on any atom is 0.302 e. The predicted molar refractivity (Wildman–Crippen MR) is 134 cm³/mol. The summed E-state index contributed by atoms with van der Waals surface area (Å²) in [6.45, 7) is 15.8. The Morgan fingerprint density at radius 2 is 1.82 bits per heavy atom. The smallest absolute Gasteiger partial charge is 0.302 e. The van der Waals surface area contributed by atoms with E-state index in [2.05, 4.69) is 59.8 Å². The maximum atomic E-state index is 11.6. The Kier molecular flexibility index (Phi) is 5.92. The number of carbonyl (C=O) groups is 1. The first-order valence-electron chi connectivity index (χ1n) is 13.9. The molecule has 190 valence electrons. The number of hydrogen-bond acceptors (Lipinski definition) is 4. The molecule has 0 amide bonds. The third-order valence-corrected chi connectivity index (χ3v) is 11.3. The van der Waals surface area contributed by atoms with Crippen LogP contribution in [0.3, 0.4) is 0 Å². The molecule has 0 radical (unpaired) electrons. The summed E-state index contributed by atoms with van der Waals surface area (Å²) in [5, 5.41) is 0. The molecule has 34 heavy (non-hydrogen) atoms. The molecule has 0 unspecified atom stereocenters. The molecule has 9 atom stereocenters. The van der Waals surface area contributed by atoms with Crippen LogP contribution in [0.4, 0.5) is 0 Å². The first kappa shape index (κ1) is 24.6. The van der Waals surface area contributed by atoms with Crippen LogP contribution in [0.1, 0.15) is 99.8 Å². The van der Waals surface area contributed by atoms with Crippen molar-refractivity contribution < 1.29 is 19.3 Å². The fourth-order valence-electron chi connectivity index (χ4n) is 8.90. The van der Waals surface area contributed by atoms with E-state index in [1.165, 1.54) is 25.3 Å². The lowest BCUT2D eigenvalue weighted by molar-refractivity contribution is -0.494. The Morgan fingerprint density at radius 1 is 1.06 bits per heavy atom. The summed E-state index contributed by atoms with van der Waals surface area (Å²) in [5.41, 5.74) is 1.08. The fraction of sp³-hybridized carbons (Fsp3) is 0.833. The minimum Gasteiger partial charge on any atom is -0.462 e. The van der Waals surface area contributed by atoms with Crippen LogP contribution in [0.2, 0.25) is 0 Å². The molecule has 2 saturated heterocycles. The lowest BCUT2D eigenvalue weighted by atomic mass is 9.44. The predicted octanol–water partition coefficient (Wildman–Crippen LogP) is 7.19. The minimum atomic E-state index is -0.367. The van der Waals surface area contributed by atoms with Gasteiger partial charge in [-0.25, -0.2) is 9.78 Å². The van der Waals surface area contributed by atoms with Crippen LogP contribution in [0.5, 0.6) is 0 Å². The molecule has 6 aliphatic rings. The summed E-state index contributed by atoms with van der Waals surface area (Å²) in [7, 11) is 0. The average Bonchev–Trinajstić information content (AvgIpc) is 3.14. The van der Waals surface area contributed by atoms with Crippen LogP contribution in [0.25, 0.3) is 0 Å². The molecule has 4 aliphatic carbocycles. The minimum absolute atomic E-state index is 0.0300. The number of fused-ring (bicyclic) bond motifs is 3. The van der Waals surface area contributed by atoms with E-state index in [1.54, 1.807) is 0 Å². The van der Waals surface area contributed by atoms with Gasteiger partial charge >= 0.3 is 5.97 Å². The molecule has 2 heterocycles. The van der Waals surface area contributed by atoms with Crippen LogP contribution >= 0.6 is 0 Å². The maximum absolute atomic E-state index is 11.6. The third kappa shape index (κ3) is 3.34. The van der Waals surface area contributed by atoms with Gasteiger partial charge in [0.2, 0.25) is 0 Å². The zero-order chi connectivity index (χ0) is 24.5. The quantitative estimate of drug-likeness (QED) is 0.242. The van der Waals surface area contributed by atoms with Crippen LogP contribution < -0.4 is 0 Å². The van der Waals surface area contributed by atoms with Crippen molar-refractivity contribution in [2.24, 2.45) is 40.4 Å². The molecule has 5 fully saturated rings. The van der Waals surface area contributed by atoms with Crippen LogP contribution in [-0.4, -0.2) is 23.3 Å². The summed E-state index contributed by atoms with van der Waals surface area (Å²) in [4.78, 5) is 24.6. The van der Waals surface area contributed by atoms with E-state index < -0.39 is 0 Å². The molecule has 0 N–H and O–H groups in total. The first-order valence-corrected chi connectivity index (χ1v) is 13.9. The highest BCUT2D eigenvalue weighted by Gasteiger charge is 2.73. The Hall–Kier alpha value is -1.13. The van der Waals surface area contributed by atoms with E-state index in [1.807, 2.05) is 0 Å². The molecule has 0 aromatic rings. The van der Waals surface area contributed by atoms with E-state index in [0.29, 0.717) is 29.6 Å². The third-order valence-electron chi connectivity index (χ3n) is 11.3. The molecule has 3 saturated carbocycles. The lowest BCUT2D eigenvalue weighted by Crippen LogP contribution is -2.71. The van der Waals surface area contributed by atoms with E-state index in [0.717, 1.165) is 38.5 Å². The van der Waals surface area contributed by atoms with Gasteiger partial charge in [0.05, 0.1) is 0 Å². The largest absolute Gasteiger partial charge is 0.462 e. The second-order valence-corrected chi connectivity index (χ2v) is 13.3. The molecule has 2 aliphatic heterocycles. The molecule has 6 rings (SSSR count). The normalized spacial score (nSPS) is 47.1. The molecule has 2 spiro atoms. The zero-order valence-corrected chi connectivity index (χ0v) is 22.5. The van der Waals surface area contributed by atoms with Crippen LogP contribution in [0, 0.1) is 40.4 Å².